The van der Waals surface area contributed by atoms with Crippen molar-refractivity contribution in [1.82, 2.24) is 0 Å². The molecule has 0 radical (unpaired) electrons. The van der Waals surface area contributed by atoms with Gasteiger partial charge in [-0.2, -0.15) is 0 Å². The molecule has 0 bridgehead atoms. The zero-order valence-electron chi connectivity index (χ0n) is 13.1. The van der Waals surface area contributed by atoms with E-state index in [9.17, 15) is 4.79 Å². The lowest BCUT2D eigenvalue weighted by Crippen LogP contribution is -2.26. The van der Waals surface area contributed by atoms with E-state index in [0.717, 1.165) is 11.9 Å². The molecule has 1 aliphatic carbocycles. The van der Waals surface area contributed by atoms with Gasteiger partial charge in [0.2, 0.25) is 0 Å². The lowest BCUT2D eigenvalue weighted by molar-refractivity contribution is -0.104. The molecule has 0 fully saturated rings. The number of hydrogen-bond acceptors (Lipinski definition) is 1. The van der Waals surface area contributed by atoms with Gasteiger partial charge >= 0.3 is 0 Å². The summed E-state index contributed by atoms with van der Waals surface area (Å²) in [5, 5.41) is 0. The van der Waals surface area contributed by atoms with E-state index in [1.54, 1.807) is 6.08 Å². The molecule has 1 heteroatoms. The van der Waals surface area contributed by atoms with Crippen LogP contribution in [0.1, 0.15) is 40.5 Å². The van der Waals surface area contributed by atoms with Crippen molar-refractivity contribution < 1.29 is 4.79 Å². The maximum absolute atomic E-state index is 10.3. The highest BCUT2D eigenvalue weighted by molar-refractivity contribution is 5.66. The summed E-state index contributed by atoms with van der Waals surface area (Å²) < 4.78 is 0. The summed E-state index contributed by atoms with van der Waals surface area (Å²) in [4.78, 5) is 10.3. The molecule has 1 rings (SSSR count). The summed E-state index contributed by atoms with van der Waals surface area (Å²) in [6, 6.07) is 0. The first kappa shape index (κ1) is 16.4. The summed E-state index contributed by atoms with van der Waals surface area (Å²) in [5.74, 6) is 0.529. The average Bonchev–Trinajstić information content (AvgIpc) is 2.36. The van der Waals surface area contributed by atoms with Gasteiger partial charge in [-0.1, -0.05) is 62.0 Å². The first-order chi connectivity index (χ1) is 9.47. The number of carbonyl (C=O) groups is 1. The zero-order chi connectivity index (χ0) is 15.0. The Kier molecular flexibility index (Phi) is 6.44. The zero-order valence-corrected chi connectivity index (χ0v) is 13.1. The molecule has 1 unspecified atom stereocenters. The molecule has 20 heavy (non-hydrogen) atoms. The first-order valence-electron chi connectivity index (χ1n) is 7.27. The number of rotatable bonds is 5. The van der Waals surface area contributed by atoms with Crippen LogP contribution in [-0.4, -0.2) is 6.29 Å². The van der Waals surface area contributed by atoms with Crippen molar-refractivity contribution in [3.63, 3.8) is 0 Å². The highest BCUT2D eigenvalue weighted by Gasteiger charge is 2.30. The van der Waals surface area contributed by atoms with Gasteiger partial charge in [0.05, 0.1) is 0 Å². The predicted octanol–water partition coefficient (Wildman–Crippen LogP) is 5.18. The van der Waals surface area contributed by atoms with Gasteiger partial charge in [0.15, 0.2) is 0 Å². The molecule has 1 nitrogen and oxygen atoms in total. The Balaban J connectivity index is 2.60. The van der Waals surface area contributed by atoms with Crippen molar-refractivity contribution in [2.75, 3.05) is 0 Å². The predicted molar refractivity (Wildman–Crippen MR) is 87.5 cm³/mol. The lowest BCUT2D eigenvalue weighted by atomic mass is 9.68. The summed E-state index contributed by atoms with van der Waals surface area (Å²) in [6.07, 6.45) is 19.5. The van der Waals surface area contributed by atoms with E-state index >= 15 is 0 Å². The highest BCUT2D eigenvalue weighted by Crippen LogP contribution is 2.41. The third-order valence-electron chi connectivity index (χ3n) is 3.91. The van der Waals surface area contributed by atoms with E-state index in [0.29, 0.717) is 11.3 Å². The van der Waals surface area contributed by atoms with E-state index in [4.69, 9.17) is 0 Å². The van der Waals surface area contributed by atoms with Gasteiger partial charge in [0.1, 0.15) is 6.29 Å². The number of carbonyl (C=O) groups excluding carboxylic acids is 1. The molecule has 1 atom stereocenters. The van der Waals surface area contributed by atoms with Gasteiger partial charge in [0.25, 0.3) is 0 Å². The molecule has 0 aromatic heterocycles. The topological polar surface area (TPSA) is 17.1 Å². The van der Waals surface area contributed by atoms with E-state index in [1.165, 1.54) is 18.4 Å². The number of allylic oxidation sites excluding steroid dienone is 10. The van der Waals surface area contributed by atoms with Gasteiger partial charge in [0, 0.05) is 5.92 Å². The Hall–Kier alpha value is -1.63. The van der Waals surface area contributed by atoms with Gasteiger partial charge in [-0.05, 0) is 43.8 Å². The first-order valence-corrected chi connectivity index (χ1v) is 7.27. The highest BCUT2D eigenvalue weighted by atomic mass is 16.1. The van der Waals surface area contributed by atoms with E-state index < -0.39 is 0 Å². The molecule has 0 N–H and O–H groups in total. The van der Waals surface area contributed by atoms with Crippen molar-refractivity contribution in [2.24, 2.45) is 11.3 Å². The second-order valence-corrected chi connectivity index (χ2v) is 6.13. The average molecular weight is 270 g/mol. The SMILES string of the molecule is CC1=CCCC(C)(C)C1/C=C/C=C\C=C\C(C)=C\C=O. The molecule has 0 saturated carbocycles. The fraction of sp³-hybridized carbons (Fsp3) is 0.421. The second kappa shape index (κ2) is 7.84. The molecular formula is C19H26O. The van der Waals surface area contributed by atoms with Crippen LogP contribution in [0.4, 0.5) is 0 Å². The fourth-order valence-corrected chi connectivity index (χ4v) is 2.66. The minimum atomic E-state index is 0.350. The molecule has 0 saturated heterocycles. The van der Waals surface area contributed by atoms with Crippen molar-refractivity contribution >= 4 is 6.29 Å². The Morgan fingerprint density at radius 2 is 1.95 bits per heavy atom. The van der Waals surface area contributed by atoms with Crippen LogP contribution in [0.25, 0.3) is 0 Å². The monoisotopic (exact) mass is 270 g/mol. The summed E-state index contributed by atoms with van der Waals surface area (Å²) in [5.41, 5.74) is 2.79. The largest absolute Gasteiger partial charge is 0.299 e. The van der Waals surface area contributed by atoms with Crippen LogP contribution in [0.2, 0.25) is 0 Å². The smallest absolute Gasteiger partial charge is 0.143 e. The van der Waals surface area contributed by atoms with Gasteiger partial charge < -0.3 is 0 Å². The van der Waals surface area contributed by atoms with Crippen LogP contribution in [-0.2, 0) is 4.79 Å². The van der Waals surface area contributed by atoms with Gasteiger partial charge in [-0.15, -0.1) is 0 Å². The maximum atomic E-state index is 10.3. The molecule has 108 valence electrons. The third kappa shape index (κ3) is 5.16. The van der Waals surface area contributed by atoms with Crippen molar-refractivity contribution in [1.29, 1.82) is 0 Å². The maximum Gasteiger partial charge on any atom is 0.143 e. The van der Waals surface area contributed by atoms with E-state index in [1.807, 2.05) is 31.2 Å². The molecular weight excluding hydrogens is 244 g/mol. The fourth-order valence-electron chi connectivity index (χ4n) is 2.66. The van der Waals surface area contributed by atoms with Gasteiger partial charge in [-0.25, -0.2) is 0 Å². The van der Waals surface area contributed by atoms with Crippen molar-refractivity contribution in [3.8, 4) is 0 Å². The summed E-state index contributed by atoms with van der Waals surface area (Å²) >= 11 is 0. The molecule has 0 spiro atoms. The molecule has 1 aliphatic rings. The normalized spacial score (nSPS) is 23.7. The van der Waals surface area contributed by atoms with Crippen LogP contribution < -0.4 is 0 Å². The molecule has 0 aromatic carbocycles. The summed E-state index contributed by atoms with van der Waals surface area (Å²) in [6.45, 7) is 8.83. The Morgan fingerprint density at radius 1 is 1.25 bits per heavy atom. The third-order valence-corrected chi connectivity index (χ3v) is 3.91. The van der Waals surface area contributed by atoms with Crippen molar-refractivity contribution in [2.45, 2.75) is 40.5 Å². The Labute approximate surface area is 123 Å². The molecule has 0 aromatic rings. The van der Waals surface area contributed by atoms with Crippen LogP contribution in [0.15, 0.2) is 59.8 Å². The van der Waals surface area contributed by atoms with Crippen LogP contribution in [0.3, 0.4) is 0 Å². The van der Waals surface area contributed by atoms with Gasteiger partial charge in [-0.3, -0.25) is 4.79 Å². The van der Waals surface area contributed by atoms with Crippen LogP contribution in [0, 0.1) is 11.3 Å². The number of hydrogen-bond donors (Lipinski definition) is 0. The van der Waals surface area contributed by atoms with Crippen LogP contribution in [0.5, 0.6) is 0 Å². The Bertz CT molecular complexity index is 470. The molecule has 0 amide bonds. The summed E-state index contributed by atoms with van der Waals surface area (Å²) in [7, 11) is 0. The van der Waals surface area contributed by atoms with Crippen LogP contribution >= 0.6 is 0 Å². The molecule has 0 aliphatic heterocycles. The standard InChI is InChI=1S/C19H26O/c1-16(13-15-20)10-7-5-6-8-12-18-17(2)11-9-14-19(18,3)4/h5-8,10-13,15,18H,9,14H2,1-4H3/b6-5-,10-7+,12-8+,16-13+. The minimum Gasteiger partial charge on any atom is -0.299 e. The minimum absolute atomic E-state index is 0.350. The lowest BCUT2D eigenvalue weighted by Gasteiger charge is -2.36. The molecule has 0 heterocycles. The van der Waals surface area contributed by atoms with E-state index in [-0.39, 0.29) is 0 Å². The van der Waals surface area contributed by atoms with E-state index in [2.05, 4.69) is 39.0 Å². The second-order valence-electron chi connectivity index (χ2n) is 6.13. The Morgan fingerprint density at radius 3 is 2.60 bits per heavy atom. The quantitative estimate of drug-likeness (QED) is 0.291. The number of aldehydes is 1. The van der Waals surface area contributed by atoms with Crippen molar-refractivity contribution in [3.05, 3.63) is 59.8 Å².